The smallest absolute Gasteiger partial charge is 0.253 e. The molecule has 0 spiro atoms. The van der Waals surface area contributed by atoms with Crippen molar-refractivity contribution in [1.29, 1.82) is 5.26 Å². The van der Waals surface area contributed by atoms with Gasteiger partial charge in [-0.1, -0.05) is 42.5 Å². The second-order valence-electron chi connectivity index (χ2n) is 7.67. The molecule has 2 amide bonds. The summed E-state index contributed by atoms with van der Waals surface area (Å²) in [6.45, 7) is 3.91. The highest BCUT2D eigenvalue weighted by Gasteiger charge is 2.22. The number of benzene rings is 3. The summed E-state index contributed by atoms with van der Waals surface area (Å²) in [6, 6.07) is 23.5. The molecule has 0 unspecified atom stereocenters. The SMILES string of the molecule is N#CCC(=O)Nc1ccc(C(=O)N2CCN(Cc3cccc4ccccc34)CC2)cc1. The predicted octanol–water partition coefficient (Wildman–Crippen LogP) is 3.65. The molecule has 1 N–H and O–H groups in total. The molecule has 3 aromatic rings. The topological polar surface area (TPSA) is 76.4 Å². The lowest BCUT2D eigenvalue weighted by Gasteiger charge is -2.35. The Hall–Kier alpha value is -3.69. The van der Waals surface area contributed by atoms with Crippen LogP contribution in [0, 0.1) is 11.3 Å². The molecule has 0 saturated carbocycles. The van der Waals surface area contributed by atoms with E-state index in [2.05, 4.69) is 52.7 Å². The van der Waals surface area contributed by atoms with Crippen molar-refractivity contribution in [3.63, 3.8) is 0 Å². The first kappa shape index (κ1) is 20.6. The number of amides is 2. The van der Waals surface area contributed by atoms with E-state index >= 15 is 0 Å². The van der Waals surface area contributed by atoms with E-state index in [9.17, 15) is 9.59 Å². The molecule has 156 valence electrons. The van der Waals surface area contributed by atoms with Crippen molar-refractivity contribution in [2.45, 2.75) is 13.0 Å². The maximum atomic E-state index is 12.9. The molecular weight excluding hydrogens is 388 g/mol. The quantitative estimate of drug-likeness (QED) is 0.694. The third-order valence-electron chi connectivity index (χ3n) is 5.59. The van der Waals surface area contributed by atoms with Gasteiger partial charge in [0.15, 0.2) is 0 Å². The standard InChI is InChI=1S/C25H24N4O2/c26-13-12-24(30)27-22-10-8-20(9-11-22)25(31)29-16-14-28(15-17-29)18-21-6-3-5-19-4-1-2-7-23(19)21/h1-11H,12,14-18H2,(H,27,30). The Kier molecular flexibility index (Phi) is 6.25. The number of rotatable bonds is 5. The third kappa shape index (κ3) is 4.90. The first-order valence-corrected chi connectivity index (χ1v) is 10.4. The van der Waals surface area contributed by atoms with E-state index in [0.29, 0.717) is 24.3 Å². The van der Waals surface area contributed by atoms with Crippen LogP contribution in [0.2, 0.25) is 0 Å². The number of nitrogens with zero attached hydrogens (tertiary/aromatic N) is 3. The van der Waals surface area contributed by atoms with Crippen LogP contribution in [0.3, 0.4) is 0 Å². The second-order valence-corrected chi connectivity index (χ2v) is 7.67. The first-order valence-electron chi connectivity index (χ1n) is 10.4. The summed E-state index contributed by atoms with van der Waals surface area (Å²) in [5.74, 6) is -0.358. The lowest BCUT2D eigenvalue weighted by atomic mass is 10.0. The molecule has 0 bridgehead atoms. The molecule has 1 aliphatic heterocycles. The fourth-order valence-electron chi connectivity index (χ4n) is 3.94. The molecule has 1 saturated heterocycles. The Morgan fingerprint density at radius 2 is 1.61 bits per heavy atom. The highest BCUT2D eigenvalue weighted by Crippen LogP contribution is 2.21. The summed E-state index contributed by atoms with van der Waals surface area (Å²) >= 11 is 0. The number of anilines is 1. The molecule has 0 radical (unpaired) electrons. The van der Waals surface area contributed by atoms with Crippen LogP contribution in [0.15, 0.2) is 66.7 Å². The average Bonchev–Trinajstić information content (AvgIpc) is 2.80. The molecule has 0 aromatic heterocycles. The lowest BCUT2D eigenvalue weighted by molar-refractivity contribution is -0.115. The number of carbonyl (C=O) groups is 2. The van der Waals surface area contributed by atoms with E-state index in [1.54, 1.807) is 24.3 Å². The number of hydrogen-bond donors (Lipinski definition) is 1. The Morgan fingerprint density at radius 1 is 0.903 bits per heavy atom. The van der Waals surface area contributed by atoms with Gasteiger partial charge in [0.05, 0.1) is 6.07 Å². The van der Waals surface area contributed by atoms with E-state index < -0.39 is 0 Å². The van der Waals surface area contributed by atoms with Crippen LogP contribution in [-0.4, -0.2) is 47.8 Å². The highest BCUT2D eigenvalue weighted by atomic mass is 16.2. The van der Waals surface area contributed by atoms with E-state index in [0.717, 1.165) is 19.6 Å². The number of carbonyl (C=O) groups excluding carboxylic acids is 2. The summed E-state index contributed by atoms with van der Waals surface area (Å²) in [7, 11) is 0. The van der Waals surface area contributed by atoms with Crippen molar-refractivity contribution < 1.29 is 9.59 Å². The van der Waals surface area contributed by atoms with Crippen LogP contribution in [-0.2, 0) is 11.3 Å². The van der Waals surface area contributed by atoms with Gasteiger partial charge in [-0.05, 0) is 40.6 Å². The zero-order valence-corrected chi connectivity index (χ0v) is 17.3. The number of fused-ring (bicyclic) bond motifs is 1. The second kappa shape index (κ2) is 9.41. The summed E-state index contributed by atoms with van der Waals surface area (Å²) in [6.07, 6.45) is -0.191. The van der Waals surface area contributed by atoms with E-state index in [1.807, 2.05) is 11.0 Å². The van der Waals surface area contributed by atoms with Gasteiger partial charge < -0.3 is 10.2 Å². The number of nitrogens with one attached hydrogen (secondary N) is 1. The number of nitriles is 1. The highest BCUT2D eigenvalue weighted by molar-refractivity contribution is 5.96. The minimum Gasteiger partial charge on any atom is -0.336 e. The number of hydrogen-bond acceptors (Lipinski definition) is 4. The molecule has 1 aliphatic rings. The fraction of sp³-hybridized carbons (Fsp3) is 0.240. The minimum atomic E-state index is -0.358. The largest absolute Gasteiger partial charge is 0.336 e. The van der Waals surface area contributed by atoms with Gasteiger partial charge in [-0.15, -0.1) is 0 Å². The Bertz CT molecular complexity index is 1120. The maximum Gasteiger partial charge on any atom is 0.253 e. The maximum absolute atomic E-state index is 12.9. The molecule has 6 heteroatoms. The van der Waals surface area contributed by atoms with Crippen molar-refractivity contribution in [1.82, 2.24) is 9.80 Å². The predicted molar refractivity (Wildman–Crippen MR) is 120 cm³/mol. The molecule has 0 aliphatic carbocycles. The van der Waals surface area contributed by atoms with E-state index in [4.69, 9.17) is 5.26 Å². The van der Waals surface area contributed by atoms with Gasteiger partial charge in [-0.3, -0.25) is 14.5 Å². The summed E-state index contributed by atoms with van der Waals surface area (Å²) in [5, 5.41) is 13.7. The van der Waals surface area contributed by atoms with E-state index in [-0.39, 0.29) is 18.2 Å². The Labute approximate surface area is 181 Å². The van der Waals surface area contributed by atoms with Crippen molar-refractivity contribution in [3.8, 4) is 6.07 Å². The zero-order chi connectivity index (χ0) is 21.6. The summed E-state index contributed by atoms with van der Waals surface area (Å²) in [4.78, 5) is 28.6. The number of piperazine rings is 1. The monoisotopic (exact) mass is 412 g/mol. The third-order valence-corrected chi connectivity index (χ3v) is 5.59. The molecule has 31 heavy (non-hydrogen) atoms. The van der Waals surface area contributed by atoms with Gasteiger partial charge in [0.25, 0.3) is 5.91 Å². The van der Waals surface area contributed by atoms with E-state index in [1.165, 1.54) is 16.3 Å². The molecule has 0 atom stereocenters. The van der Waals surface area contributed by atoms with Gasteiger partial charge in [0, 0.05) is 44.0 Å². The Balaban J connectivity index is 1.33. The van der Waals surface area contributed by atoms with Gasteiger partial charge in [0.1, 0.15) is 6.42 Å². The normalized spacial score (nSPS) is 14.2. The van der Waals surface area contributed by atoms with Gasteiger partial charge in [0.2, 0.25) is 5.91 Å². The molecule has 3 aromatic carbocycles. The van der Waals surface area contributed by atoms with Gasteiger partial charge in [-0.2, -0.15) is 5.26 Å². The molecule has 1 heterocycles. The molecule has 4 rings (SSSR count). The zero-order valence-electron chi connectivity index (χ0n) is 17.3. The van der Waals surface area contributed by atoms with Gasteiger partial charge in [-0.25, -0.2) is 0 Å². The van der Waals surface area contributed by atoms with Crippen molar-refractivity contribution in [2.24, 2.45) is 0 Å². The summed E-state index contributed by atoms with van der Waals surface area (Å²) in [5.41, 5.74) is 2.49. The van der Waals surface area contributed by atoms with Gasteiger partial charge >= 0.3 is 0 Å². The molecular formula is C25H24N4O2. The van der Waals surface area contributed by atoms with Crippen molar-refractivity contribution in [2.75, 3.05) is 31.5 Å². The van der Waals surface area contributed by atoms with Crippen LogP contribution in [0.1, 0.15) is 22.3 Å². The Morgan fingerprint density at radius 3 is 2.35 bits per heavy atom. The molecule has 1 fully saturated rings. The van der Waals surface area contributed by atoms with Crippen molar-refractivity contribution in [3.05, 3.63) is 77.9 Å². The van der Waals surface area contributed by atoms with Crippen LogP contribution >= 0.6 is 0 Å². The van der Waals surface area contributed by atoms with Crippen LogP contribution in [0.5, 0.6) is 0 Å². The average molecular weight is 412 g/mol. The minimum absolute atomic E-state index is 0.000266. The fourth-order valence-corrected chi connectivity index (χ4v) is 3.94. The van der Waals surface area contributed by atoms with Crippen LogP contribution in [0.4, 0.5) is 5.69 Å². The lowest BCUT2D eigenvalue weighted by Crippen LogP contribution is -2.48. The van der Waals surface area contributed by atoms with Crippen LogP contribution < -0.4 is 5.32 Å². The van der Waals surface area contributed by atoms with Crippen molar-refractivity contribution >= 4 is 28.3 Å². The first-order chi connectivity index (χ1) is 15.1. The van der Waals surface area contributed by atoms with Crippen LogP contribution in [0.25, 0.3) is 10.8 Å². The summed E-state index contributed by atoms with van der Waals surface area (Å²) < 4.78 is 0. The molecule has 6 nitrogen and oxygen atoms in total.